The van der Waals surface area contributed by atoms with Crippen LogP contribution < -0.4 is 9.80 Å². The number of hydrogen-bond acceptors (Lipinski definition) is 4. The van der Waals surface area contributed by atoms with Gasteiger partial charge >= 0.3 is 0 Å². The molecule has 0 aliphatic heterocycles. The van der Waals surface area contributed by atoms with Gasteiger partial charge in [0, 0.05) is 35.3 Å². The number of anilines is 1. The Bertz CT molecular complexity index is 440. The van der Waals surface area contributed by atoms with Crippen LogP contribution in [0.5, 0.6) is 5.75 Å². The van der Waals surface area contributed by atoms with E-state index in [0.717, 1.165) is 0 Å². The molecule has 1 aromatic carbocycles. The van der Waals surface area contributed by atoms with Crippen molar-refractivity contribution in [2.75, 3.05) is 26.0 Å². The van der Waals surface area contributed by atoms with Crippen molar-refractivity contribution in [1.82, 2.24) is 0 Å². The molecule has 0 amide bonds. The van der Waals surface area contributed by atoms with E-state index in [0.29, 0.717) is 26.5 Å². The molecular weight excluding hydrogens is 380 g/mol. The minimum absolute atomic E-state index is 0.0839. The highest BCUT2D eigenvalue weighted by Crippen LogP contribution is 2.39. The topological polar surface area (TPSA) is 44.8 Å². The zero-order valence-corrected chi connectivity index (χ0v) is 14.1. The Morgan fingerprint density at radius 3 is 2.42 bits per heavy atom. The van der Waals surface area contributed by atoms with Crippen LogP contribution in [0, 0.1) is 5.21 Å². The smallest absolute Gasteiger partial charge is 0.194 e. The molecule has 1 rings (SSSR count). The first-order valence-electron chi connectivity index (χ1n) is 5.15. The number of alkyl halides is 3. The Kier molecular flexibility index (Phi) is 6.50. The van der Waals surface area contributed by atoms with Crippen molar-refractivity contribution in [1.29, 1.82) is 0 Å². The van der Waals surface area contributed by atoms with Crippen molar-refractivity contribution in [2.45, 2.75) is 10.2 Å². The Balaban J connectivity index is 3.14. The van der Waals surface area contributed by atoms with E-state index in [1.54, 1.807) is 12.1 Å². The largest absolute Gasteiger partial charge is 0.757 e. The van der Waals surface area contributed by atoms with Crippen LogP contribution in [0.15, 0.2) is 16.6 Å². The van der Waals surface area contributed by atoms with Crippen molar-refractivity contribution in [3.8, 4) is 5.75 Å². The minimum Gasteiger partial charge on any atom is -0.757 e. The average molecular weight is 392 g/mol. The van der Waals surface area contributed by atoms with E-state index in [4.69, 9.17) is 44.3 Å². The van der Waals surface area contributed by atoms with Crippen molar-refractivity contribution in [3.05, 3.63) is 27.4 Å². The van der Waals surface area contributed by atoms with E-state index in [1.165, 1.54) is 14.2 Å². The number of rotatable bonds is 5. The molecule has 108 valence electrons. The second-order valence-corrected chi connectivity index (χ2v) is 7.07. The van der Waals surface area contributed by atoms with Crippen LogP contribution in [-0.4, -0.2) is 24.7 Å². The van der Waals surface area contributed by atoms with Gasteiger partial charge in [0.05, 0.1) is 7.11 Å². The number of hydrogen-bond donors (Lipinski definition) is 0. The molecule has 0 radical (unpaired) electrons. The van der Waals surface area contributed by atoms with E-state index in [9.17, 15) is 5.21 Å². The summed E-state index contributed by atoms with van der Waals surface area (Å²) in [4.78, 5) is 0. The van der Waals surface area contributed by atoms with E-state index in [-0.39, 0.29) is 13.2 Å². The van der Waals surface area contributed by atoms with Gasteiger partial charge in [0.1, 0.15) is 12.5 Å². The Morgan fingerprint density at radius 2 is 1.95 bits per heavy atom. The number of benzene rings is 1. The lowest BCUT2D eigenvalue weighted by atomic mass is 10.1. The molecule has 0 aromatic heterocycles. The predicted octanol–water partition coefficient (Wildman–Crippen LogP) is 4.28. The van der Waals surface area contributed by atoms with Gasteiger partial charge in [0.15, 0.2) is 3.79 Å². The summed E-state index contributed by atoms with van der Waals surface area (Å²) in [5.74, 6) is 0.465. The number of nitrogens with zero attached hydrogens (tertiary/aromatic N) is 1. The van der Waals surface area contributed by atoms with Crippen LogP contribution in [0.4, 0.5) is 5.69 Å². The minimum atomic E-state index is -1.44. The maximum Gasteiger partial charge on any atom is 0.194 e. The Labute approximate surface area is 135 Å². The summed E-state index contributed by atoms with van der Waals surface area (Å²) in [6, 6.07) is 3.20. The van der Waals surface area contributed by atoms with Crippen LogP contribution >= 0.6 is 50.7 Å². The molecule has 0 saturated carbocycles. The first kappa shape index (κ1) is 17.1. The fourth-order valence-corrected chi connectivity index (χ4v) is 2.46. The van der Waals surface area contributed by atoms with Gasteiger partial charge in [-0.1, -0.05) is 50.7 Å². The molecule has 0 aliphatic rings. The standard InChI is InChI=1S/C11H12BrCl3NO3/c1-18-6-16(17)7-3-9(12)8(5-11(13,14)15)10(4-7)19-2/h3-4H,5-6H2,1-2H3/q-1. The van der Waals surface area contributed by atoms with Crippen LogP contribution in [0.25, 0.3) is 0 Å². The molecular formula is C11H12BrCl3NO3-. The highest BCUT2D eigenvalue weighted by molar-refractivity contribution is 9.10. The van der Waals surface area contributed by atoms with Gasteiger partial charge < -0.3 is 19.7 Å². The van der Waals surface area contributed by atoms with Gasteiger partial charge in [-0.05, 0) is 6.07 Å². The summed E-state index contributed by atoms with van der Waals surface area (Å²) >= 11 is 20.7. The molecule has 8 heteroatoms. The predicted molar refractivity (Wildman–Crippen MR) is 82.4 cm³/mol. The van der Waals surface area contributed by atoms with Gasteiger partial charge in [0.2, 0.25) is 0 Å². The molecule has 0 atom stereocenters. The molecule has 0 spiro atoms. The lowest BCUT2D eigenvalue weighted by molar-refractivity contribution is 0.205. The van der Waals surface area contributed by atoms with E-state index < -0.39 is 3.79 Å². The maximum absolute atomic E-state index is 11.7. The third kappa shape index (κ3) is 5.17. The molecule has 0 unspecified atom stereocenters. The van der Waals surface area contributed by atoms with Gasteiger partial charge in [-0.3, -0.25) is 0 Å². The summed E-state index contributed by atoms with van der Waals surface area (Å²) in [6.45, 7) is -0.0839. The molecule has 0 bridgehead atoms. The highest BCUT2D eigenvalue weighted by Gasteiger charge is 2.24. The monoisotopic (exact) mass is 390 g/mol. The maximum atomic E-state index is 11.7. The van der Waals surface area contributed by atoms with Crippen LogP contribution in [0.2, 0.25) is 0 Å². The summed E-state index contributed by atoms with van der Waals surface area (Å²) in [6.07, 6.45) is 0.158. The third-order valence-corrected chi connectivity index (χ3v) is 3.38. The first-order chi connectivity index (χ1) is 8.78. The Hall–Kier alpha value is 0.0900. The van der Waals surface area contributed by atoms with Crippen molar-refractivity contribution in [2.24, 2.45) is 0 Å². The lowest BCUT2D eigenvalue weighted by Gasteiger charge is -2.30. The molecule has 19 heavy (non-hydrogen) atoms. The summed E-state index contributed by atoms with van der Waals surface area (Å²) < 4.78 is 9.19. The molecule has 0 aliphatic carbocycles. The first-order valence-corrected chi connectivity index (χ1v) is 7.08. The quantitative estimate of drug-likeness (QED) is 0.426. The highest BCUT2D eigenvalue weighted by atomic mass is 79.9. The SMILES string of the molecule is COCN([O-])c1cc(Br)c(CC(Cl)(Cl)Cl)c(OC)c1. The second-order valence-electron chi connectivity index (χ2n) is 3.70. The van der Waals surface area contributed by atoms with E-state index in [2.05, 4.69) is 15.9 Å². The third-order valence-electron chi connectivity index (χ3n) is 2.27. The van der Waals surface area contributed by atoms with Gasteiger partial charge in [-0.15, -0.1) is 0 Å². The van der Waals surface area contributed by atoms with E-state index >= 15 is 0 Å². The lowest BCUT2D eigenvalue weighted by Crippen LogP contribution is -2.18. The zero-order chi connectivity index (χ0) is 14.6. The van der Waals surface area contributed by atoms with E-state index in [1.807, 2.05) is 0 Å². The van der Waals surface area contributed by atoms with Crippen LogP contribution in [-0.2, 0) is 11.2 Å². The second kappa shape index (κ2) is 7.20. The Morgan fingerprint density at radius 1 is 1.32 bits per heavy atom. The normalized spacial score (nSPS) is 11.5. The van der Waals surface area contributed by atoms with Crippen molar-refractivity contribution in [3.63, 3.8) is 0 Å². The number of halogens is 4. The van der Waals surface area contributed by atoms with Crippen LogP contribution in [0.1, 0.15) is 5.56 Å². The summed E-state index contributed by atoms with van der Waals surface area (Å²) in [5.41, 5.74) is 1.07. The van der Waals surface area contributed by atoms with Crippen molar-refractivity contribution < 1.29 is 9.47 Å². The summed E-state index contributed by atoms with van der Waals surface area (Å²) in [7, 11) is 2.92. The molecule has 0 fully saturated rings. The molecule has 4 nitrogen and oxygen atoms in total. The van der Waals surface area contributed by atoms with Gasteiger partial charge in [-0.2, -0.15) is 0 Å². The number of methoxy groups -OCH3 is 2. The van der Waals surface area contributed by atoms with Crippen molar-refractivity contribution >= 4 is 56.4 Å². The molecule has 0 saturated heterocycles. The number of hydroxylamine groups is 1. The molecule has 1 aromatic rings. The zero-order valence-electron chi connectivity index (χ0n) is 10.3. The fraction of sp³-hybridized carbons (Fsp3) is 0.455. The van der Waals surface area contributed by atoms with Gasteiger partial charge in [0.25, 0.3) is 0 Å². The van der Waals surface area contributed by atoms with Crippen LogP contribution in [0.3, 0.4) is 0 Å². The summed E-state index contributed by atoms with van der Waals surface area (Å²) in [5, 5.41) is 12.4. The average Bonchev–Trinajstić information content (AvgIpc) is 2.30. The van der Waals surface area contributed by atoms with Gasteiger partial charge in [-0.25, -0.2) is 0 Å². The molecule has 0 N–H and O–H groups in total. The number of ether oxygens (including phenoxy) is 2. The fourth-order valence-electron chi connectivity index (χ4n) is 1.49. The molecule has 0 heterocycles.